The molecule has 0 aliphatic rings. The monoisotopic (exact) mass is 293 g/mol. The molecular weight excluding hydrogens is 280 g/mol. The molecule has 6 heteroatoms. The molecule has 0 unspecified atom stereocenters. The van der Waals surface area contributed by atoms with Crippen molar-refractivity contribution in [2.24, 2.45) is 0 Å². The Morgan fingerprint density at radius 2 is 2.00 bits per heavy atom. The van der Waals surface area contributed by atoms with Gasteiger partial charge in [-0.05, 0) is 15.9 Å². The number of nitrogens with zero attached hydrogens (tertiary/aromatic N) is 2. The lowest BCUT2D eigenvalue weighted by Gasteiger charge is -2.17. The number of halogens is 3. The molecule has 3 nitrogen and oxygen atoms in total. The van der Waals surface area contributed by atoms with Gasteiger partial charge in [0.15, 0.2) is 0 Å². The third-order valence-electron chi connectivity index (χ3n) is 1.80. The van der Waals surface area contributed by atoms with E-state index in [-0.39, 0.29) is 5.41 Å². The first-order valence-corrected chi connectivity index (χ1v) is 5.65. The Bertz CT molecular complexity index is 364. The Kier molecular flexibility index (Phi) is 4.18. The average molecular weight is 294 g/mol. The molecule has 1 N–H and O–H groups in total. The van der Waals surface area contributed by atoms with Gasteiger partial charge >= 0.3 is 0 Å². The van der Waals surface area contributed by atoms with Crippen LogP contribution in [0.4, 0.5) is 14.6 Å². The molecule has 0 aliphatic heterocycles. The highest BCUT2D eigenvalue weighted by atomic mass is 79.9. The Hall–Kier alpha value is -0.780. The summed E-state index contributed by atoms with van der Waals surface area (Å²) in [6.07, 6.45) is -2.40. The normalized spacial score (nSPS) is 11.9. The first-order valence-electron chi connectivity index (χ1n) is 4.86. The van der Waals surface area contributed by atoms with Crippen molar-refractivity contribution in [1.29, 1.82) is 0 Å². The summed E-state index contributed by atoms with van der Waals surface area (Å²) in [6.45, 7) is 5.48. The summed E-state index contributed by atoms with van der Waals surface area (Å²) in [5, 5.41) is 2.57. The van der Waals surface area contributed by atoms with E-state index in [1.807, 2.05) is 20.8 Å². The summed E-state index contributed by atoms with van der Waals surface area (Å²) in [6, 6.07) is 1.58. The van der Waals surface area contributed by atoms with Gasteiger partial charge in [-0.2, -0.15) is 0 Å². The number of aromatic nitrogens is 2. The van der Waals surface area contributed by atoms with Gasteiger partial charge in [0.2, 0.25) is 0 Å². The standard InChI is InChI=1S/C10H14BrF2N3/c1-10(2,3)9-15-6(11)4-8(16-9)14-5-7(12)13/h4,7H,5H2,1-3H3,(H,14,15,16). The van der Waals surface area contributed by atoms with Crippen LogP contribution >= 0.6 is 15.9 Å². The van der Waals surface area contributed by atoms with Crippen molar-refractivity contribution in [2.75, 3.05) is 11.9 Å². The molecule has 0 radical (unpaired) electrons. The van der Waals surface area contributed by atoms with Crippen LogP contribution in [0.2, 0.25) is 0 Å². The van der Waals surface area contributed by atoms with Crippen LogP contribution in [0, 0.1) is 0 Å². The molecule has 1 heterocycles. The first kappa shape index (κ1) is 13.3. The highest BCUT2D eigenvalue weighted by Gasteiger charge is 2.18. The molecule has 16 heavy (non-hydrogen) atoms. The van der Waals surface area contributed by atoms with E-state index in [2.05, 4.69) is 31.2 Å². The zero-order valence-corrected chi connectivity index (χ0v) is 11.0. The second-order valence-electron chi connectivity index (χ2n) is 4.42. The minimum Gasteiger partial charge on any atom is -0.364 e. The molecular formula is C10H14BrF2N3. The molecule has 0 amide bonds. The molecule has 1 aromatic rings. The van der Waals surface area contributed by atoms with Gasteiger partial charge in [0.1, 0.15) is 16.2 Å². The summed E-state index contributed by atoms with van der Waals surface area (Å²) >= 11 is 3.23. The van der Waals surface area contributed by atoms with E-state index in [0.29, 0.717) is 16.2 Å². The fraction of sp³-hybridized carbons (Fsp3) is 0.600. The van der Waals surface area contributed by atoms with Crippen LogP contribution in [-0.4, -0.2) is 22.9 Å². The lowest BCUT2D eigenvalue weighted by molar-refractivity contribution is 0.163. The Balaban J connectivity index is 2.90. The Morgan fingerprint density at radius 1 is 1.38 bits per heavy atom. The predicted molar refractivity (Wildman–Crippen MR) is 62.9 cm³/mol. The molecule has 0 saturated carbocycles. The minimum absolute atomic E-state index is 0.217. The number of nitrogens with one attached hydrogen (secondary N) is 1. The molecule has 0 aromatic carbocycles. The van der Waals surface area contributed by atoms with Crippen molar-refractivity contribution < 1.29 is 8.78 Å². The summed E-state index contributed by atoms with van der Waals surface area (Å²) < 4.78 is 24.7. The van der Waals surface area contributed by atoms with Crippen LogP contribution in [0.5, 0.6) is 0 Å². The van der Waals surface area contributed by atoms with Crippen LogP contribution in [0.15, 0.2) is 10.7 Å². The van der Waals surface area contributed by atoms with Gasteiger partial charge in [-0.1, -0.05) is 20.8 Å². The average Bonchev–Trinajstić information content (AvgIpc) is 2.12. The lowest BCUT2D eigenvalue weighted by Crippen LogP contribution is -2.18. The van der Waals surface area contributed by atoms with Crippen molar-refractivity contribution in [1.82, 2.24) is 9.97 Å². The van der Waals surface area contributed by atoms with Gasteiger partial charge in [0, 0.05) is 11.5 Å². The smallest absolute Gasteiger partial charge is 0.255 e. The van der Waals surface area contributed by atoms with Crippen molar-refractivity contribution in [3.05, 3.63) is 16.5 Å². The molecule has 0 fully saturated rings. The van der Waals surface area contributed by atoms with Crippen LogP contribution in [-0.2, 0) is 5.41 Å². The second-order valence-corrected chi connectivity index (χ2v) is 5.23. The van der Waals surface area contributed by atoms with Gasteiger partial charge < -0.3 is 5.32 Å². The summed E-state index contributed by atoms with van der Waals surface area (Å²) in [7, 11) is 0. The summed E-state index contributed by atoms with van der Waals surface area (Å²) in [5.74, 6) is 1.02. The van der Waals surface area contributed by atoms with Crippen LogP contribution in [0.3, 0.4) is 0 Å². The topological polar surface area (TPSA) is 37.8 Å². The predicted octanol–water partition coefficient (Wildman–Crippen LogP) is 3.21. The Labute approximate surface area is 102 Å². The van der Waals surface area contributed by atoms with Crippen molar-refractivity contribution in [2.45, 2.75) is 32.6 Å². The number of hydrogen-bond donors (Lipinski definition) is 1. The van der Waals surface area contributed by atoms with Crippen molar-refractivity contribution in [3.63, 3.8) is 0 Å². The van der Waals surface area contributed by atoms with E-state index >= 15 is 0 Å². The van der Waals surface area contributed by atoms with Gasteiger partial charge in [-0.15, -0.1) is 0 Å². The third-order valence-corrected chi connectivity index (χ3v) is 2.21. The maximum atomic E-state index is 12.0. The maximum absolute atomic E-state index is 12.0. The quantitative estimate of drug-likeness (QED) is 0.870. The van der Waals surface area contributed by atoms with Crippen LogP contribution < -0.4 is 5.32 Å². The zero-order chi connectivity index (χ0) is 12.3. The van der Waals surface area contributed by atoms with Gasteiger partial charge in [-0.25, -0.2) is 18.7 Å². The van der Waals surface area contributed by atoms with Gasteiger partial charge in [-0.3, -0.25) is 0 Å². The molecule has 0 saturated heterocycles. The SMILES string of the molecule is CC(C)(C)c1nc(Br)cc(NCC(F)F)n1. The Morgan fingerprint density at radius 3 is 2.50 bits per heavy atom. The van der Waals surface area contributed by atoms with E-state index in [0.717, 1.165) is 0 Å². The van der Waals surface area contributed by atoms with Gasteiger partial charge in [0.05, 0.1) is 6.54 Å². The number of rotatable bonds is 3. The van der Waals surface area contributed by atoms with Crippen molar-refractivity contribution in [3.8, 4) is 0 Å². The molecule has 0 atom stereocenters. The van der Waals surface area contributed by atoms with Gasteiger partial charge in [0.25, 0.3) is 6.43 Å². The molecule has 0 bridgehead atoms. The molecule has 0 spiro atoms. The molecule has 0 aliphatic carbocycles. The van der Waals surface area contributed by atoms with Crippen LogP contribution in [0.25, 0.3) is 0 Å². The summed E-state index contributed by atoms with van der Waals surface area (Å²) in [5.41, 5.74) is -0.217. The largest absolute Gasteiger partial charge is 0.364 e. The number of alkyl halides is 2. The number of hydrogen-bond acceptors (Lipinski definition) is 3. The fourth-order valence-electron chi connectivity index (χ4n) is 1.03. The second kappa shape index (κ2) is 5.03. The number of anilines is 1. The highest BCUT2D eigenvalue weighted by Crippen LogP contribution is 2.22. The maximum Gasteiger partial charge on any atom is 0.255 e. The molecule has 90 valence electrons. The minimum atomic E-state index is -2.40. The van der Waals surface area contributed by atoms with E-state index in [1.165, 1.54) is 0 Å². The highest BCUT2D eigenvalue weighted by molar-refractivity contribution is 9.10. The van der Waals surface area contributed by atoms with E-state index in [4.69, 9.17) is 0 Å². The third kappa shape index (κ3) is 4.00. The van der Waals surface area contributed by atoms with E-state index in [1.54, 1.807) is 6.07 Å². The van der Waals surface area contributed by atoms with E-state index in [9.17, 15) is 8.78 Å². The lowest BCUT2D eigenvalue weighted by atomic mass is 9.96. The molecule has 1 rings (SSSR count). The van der Waals surface area contributed by atoms with Crippen molar-refractivity contribution >= 4 is 21.7 Å². The van der Waals surface area contributed by atoms with E-state index < -0.39 is 13.0 Å². The first-order chi connectivity index (χ1) is 7.29. The summed E-state index contributed by atoms with van der Waals surface area (Å²) in [4.78, 5) is 8.40. The molecule has 1 aromatic heterocycles. The fourth-order valence-corrected chi connectivity index (χ4v) is 1.41. The zero-order valence-electron chi connectivity index (χ0n) is 9.39. The van der Waals surface area contributed by atoms with Crippen LogP contribution in [0.1, 0.15) is 26.6 Å².